The summed E-state index contributed by atoms with van der Waals surface area (Å²) >= 11 is 12.5. The van der Waals surface area contributed by atoms with E-state index >= 15 is 0 Å². The predicted octanol–water partition coefficient (Wildman–Crippen LogP) is 3.64. The molecule has 0 aromatic heterocycles. The van der Waals surface area contributed by atoms with Crippen molar-refractivity contribution < 1.29 is 0 Å². The number of benzene rings is 1. The fourth-order valence-corrected chi connectivity index (χ4v) is 1.83. The lowest BCUT2D eigenvalue weighted by Crippen LogP contribution is -2.02. The van der Waals surface area contributed by atoms with Gasteiger partial charge in [-0.2, -0.15) is 10.5 Å². The Morgan fingerprint density at radius 3 is 2.53 bits per heavy atom. The van der Waals surface area contributed by atoms with Crippen molar-refractivity contribution in [2.24, 2.45) is 0 Å². The summed E-state index contributed by atoms with van der Waals surface area (Å²) in [6.07, 6.45) is 0.492. The molecule has 0 N–H and O–H groups in total. The predicted molar refractivity (Wildman–Crippen MR) is 62.8 cm³/mol. The third-order valence-electron chi connectivity index (χ3n) is 1.74. The summed E-state index contributed by atoms with van der Waals surface area (Å²) < 4.78 is 0. The lowest BCUT2D eigenvalue weighted by Gasteiger charge is -2.05. The first kappa shape index (κ1) is 12.2. The van der Waals surface area contributed by atoms with Crippen molar-refractivity contribution in [3.05, 3.63) is 33.8 Å². The average Bonchev–Trinajstić information content (AvgIpc) is 2.23. The first-order chi connectivity index (χ1) is 7.17. The Morgan fingerprint density at radius 1 is 1.27 bits per heavy atom. The summed E-state index contributed by atoms with van der Waals surface area (Å²) in [6.45, 7) is 0. The van der Waals surface area contributed by atoms with E-state index in [0.717, 1.165) is 17.3 Å². The van der Waals surface area contributed by atoms with Crippen LogP contribution in [0.2, 0.25) is 10.0 Å². The Labute approximate surface area is 102 Å². The molecule has 1 rings (SSSR count). The fourth-order valence-electron chi connectivity index (χ4n) is 1.06. The van der Waals surface area contributed by atoms with Crippen LogP contribution in [0.1, 0.15) is 5.56 Å². The zero-order valence-corrected chi connectivity index (χ0v) is 9.90. The van der Waals surface area contributed by atoms with Gasteiger partial charge in [-0.05, 0) is 35.9 Å². The molecule has 1 aromatic carbocycles. The standard InChI is InChI=1S/C10H6Cl2N2S/c11-9-2-1-7(4-10(9)12)3-8(5-13)15-6-14/h1-2,4,8H,3H2/t8-/m1/s1. The van der Waals surface area contributed by atoms with Gasteiger partial charge in [0.05, 0.1) is 16.1 Å². The number of nitrogens with zero attached hydrogens (tertiary/aromatic N) is 2. The molecule has 0 unspecified atom stereocenters. The molecule has 0 radical (unpaired) electrons. The van der Waals surface area contributed by atoms with Crippen LogP contribution >= 0.6 is 35.0 Å². The average molecular weight is 257 g/mol. The highest BCUT2D eigenvalue weighted by atomic mass is 35.5. The van der Waals surface area contributed by atoms with E-state index in [9.17, 15) is 0 Å². The first-order valence-electron chi connectivity index (χ1n) is 4.05. The minimum Gasteiger partial charge on any atom is -0.197 e. The largest absolute Gasteiger partial charge is 0.197 e. The molecule has 0 aliphatic carbocycles. The van der Waals surface area contributed by atoms with E-state index in [-0.39, 0.29) is 5.25 Å². The molecule has 0 heterocycles. The van der Waals surface area contributed by atoms with Gasteiger partial charge in [0.15, 0.2) is 0 Å². The molecule has 5 heteroatoms. The topological polar surface area (TPSA) is 47.6 Å². The number of hydrogen-bond acceptors (Lipinski definition) is 3. The van der Waals surface area contributed by atoms with Crippen LogP contribution in [0.5, 0.6) is 0 Å². The number of halogens is 2. The van der Waals surface area contributed by atoms with Gasteiger partial charge in [0.1, 0.15) is 10.7 Å². The summed E-state index contributed by atoms with van der Waals surface area (Å²) in [7, 11) is 0. The van der Waals surface area contributed by atoms with Crippen LogP contribution in [0.15, 0.2) is 18.2 Å². The van der Waals surface area contributed by atoms with Crippen molar-refractivity contribution in [3.8, 4) is 11.5 Å². The van der Waals surface area contributed by atoms with E-state index in [2.05, 4.69) is 0 Å². The highest BCUT2D eigenvalue weighted by Crippen LogP contribution is 2.24. The van der Waals surface area contributed by atoms with Crippen LogP contribution in [0.25, 0.3) is 0 Å². The van der Waals surface area contributed by atoms with Gasteiger partial charge in [-0.1, -0.05) is 29.3 Å². The lowest BCUT2D eigenvalue weighted by atomic mass is 10.1. The van der Waals surface area contributed by atoms with Gasteiger partial charge >= 0.3 is 0 Å². The van der Waals surface area contributed by atoms with Gasteiger partial charge in [-0.15, -0.1) is 0 Å². The summed E-state index contributed by atoms with van der Waals surface area (Å²) in [4.78, 5) is 0. The Bertz CT molecular complexity index is 434. The summed E-state index contributed by atoms with van der Waals surface area (Å²) in [6, 6.07) is 7.25. The van der Waals surface area contributed by atoms with E-state index in [1.54, 1.807) is 18.2 Å². The molecule has 0 saturated carbocycles. The van der Waals surface area contributed by atoms with Gasteiger partial charge in [0, 0.05) is 0 Å². The van der Waals surface area contributed by atoms with Gasteiger partial charge in [0.25, 0.3) is 0 Å². The molecule has 2 nitrogen and oxygen atoms in total. The SMILES string of the molecule is N#CS[C@@H](C#N)Cc1ccc(Cl)c(Cl)c1. The van der Waals surface area contributed by atoms with Crippen molar-refractivity contribution in [1.82, 2.24) is 0 Å². The Morgan fingerprint density at radius 2 is 2.00 bits per heavy atom. The van der Waals surface area contributed by atoms with E-state index in [1.807, 2.05) is 11.5 Å². The van der Waals surface area contributed by atoms with Crippen molar-refractivity contribution in [2.75, 3.05) is 0 Å². The monoisotopic (exact) mass is 256 g/mol. The second-order valence-electron chi connectivity index (χ2n) is 2.78. The number of hydrogen-bond donors (Lipinski definition) is 0. The van der Waals surface area contributed by atoms with Gasteiger partial charge in [-0.3, -0.25) is 0 Å². The van der Waals surface area contributed by atoms with E-state index < -0.39 is 0 Å². The minimum atomic E-state index is -0.368. The Balaban J connectivity index is 2.77. The second-order valence-corrected chi connectivity index (χ2v) is 4.58. The van der Waals surface area contributed by atoms with Crippen LogP contribution in [0.3, 0.4) is 0 Å². The molecule has 0 aliphatic heterocycles. The van der Waals surface area contributed by atoms with Crippen molar-refractivity contribution in [2.45, 2.75) is 11.7 Å². The van der Waals surface area contributed by atoms with Gasteiger partial charge < -0.3 is 0 Å². The Kier molecular flexibility index (Phi) is 4.78. The molecule has 0 fully saturated rings. The highest BCUT2D eigenvalue weighted by Gasteiger charge is 2.09. The van der Waals surface area contributed by atoms with Crippen LogP contribution in [0.4, 0.5) is 0 Å². The summed E-state index contributed by atoms with van der Waals surface area (Å²) in [5.41, 5.74) is 0.902. The summed E-state index contributed by atoms with van der Waals surface area (Å²) in [5.74, 6) is 0. The van der Waals surface area contributed by atoms with Crippen LogP contribution in [-0.2, 0) is 6.42 Å². The van der Waals surface area contributed by atoms with Crippen molar-refractivity contribution >= 4 is 35.0 Å². The maximum Gasteiger partial charge on any atom is 0.134 e. The highest BCUT2D eigenvalue weighted by molar-refractivity contribution is 8.04. The molecular weight excluding hydrogens is 251 g/mol. The molecule has 0 bridgehead atoms. The van der Waals surface area contributed by atoms with Crippen molar-refractivity contribution in [3.63, 3.8) is 0 Å². The smallest absolute Gasteiger partial charge is 0.134 e. The van der Waals surface area contributed by atoms with Crippen molar-refractivity contribution in [1.29, 1.82) is 10.5 Å². The molecule has 76 valence electrons. The first-order valence-corrected chi connectivity index (χ1v) is 5.69. The molecular formula is C10H6Cl2N2S. The lowest BCUT2D eigenvalue weighted by molar-refractivity contribution is 1.03. The number of rotatable bonds is 3. The maximum absolute atomic E-state index is 8.76. The third kappa shape index (κ3) is 3.64. The zero-order chi connectivity index (χ0) is 11.3. The molecule has 0 amide bonds. The minimum absolute atomic E-state index is 0.368. The molecule has 15 heavy (non-hydrogen) atoms. The maximum atomic E-state index is 8.76. The number of nitriles is 2. The van der Waals surface area contributed by atoms with E-state index in [0.29, 0.717) is 16.5 Å². The number of thioether (sulfide) groups is 1. The number of thiocyanates is 1. The zero-order valence-electron chi connectivity index (χ0n) is 7.58. The van der Waals surface area contributed by atoms with Crippen LogP contribution in [0, 0.1) is 22.0 Å². The molecule has 0 spiro atoms. The van der Waals surface area contributed by atoms with E-state index in [4.69, 9.17) is 33.7 Å². The van der Waals surface area contributed by atoms with Gasteiger partial charge in [-0.25, -0.2) is 0 Å². The third-order valence-corrected chi connectivity index (χ3v) is 3.15. The summed E-state index contributed by atoms with van der Waals surface area (Å²) in [5, 5.41) is 19.7. The van der Waals surface area contributed by atoms with Gasteiger partial charge in [0.2, 0.25) is 0 Å². The molecule has 0 aliphatic rings. The molecule has 0 saturated heterocycles. The fraction of sp³-hybridized carbons (Fsp3) is 0.200. The molecule has 1 aromatic rings. The normalized spacial score (nSPS) is 11.5. The van der Waals surface area contributed by atoms with Crippen LogP contribution in [-0.4, -0.2) is 5.25 Å². The Hall–Kier alpha value is -0.870. The van der Waals surface area contributed by atoms with Crippen LogP contribution < -0.4 is 0 Å². The molecule has 1 atom stereocenters. The second kappa shape index (κ2) is 5.88. The quantitative estimate of drug-likeness (QED) is 0.776. The van der Waals surface area contributed by atoms with E-state index in [1.165, 1.54) is 0 Å².